The van der Waals surface area contributed by atoms with Crippen molar-refractivity contribution in [1.29, 1.82) is 0 Å². The molecule has 1 aromatic carbocycles. The molecule has 1 aromatic rings. The molecular weight excluding hydrogens is 372 g/mol. The number of ether oxygens (including phenoxy) is 1. The van der Waals surface area contributed by atoms with Gasteiger partial charge < -0.3 is 15.2 Å². The molecule has 2 aliphatic rings. The van der Waals surface area contributed by atoms with Crippen molar-refractivity contribution < 1.29 is 27.9 Å². The van der Waals surface area contributed by atoms with Crippen molar-refractivity contribution in [3.05, 3.63) is 29.8 Å². The van der Waals surface area contributed by atoms with Crippen LogP contribution in [0.1, 0.15) is 36.0 Å². The van der Waals surface area contributed by atoms with Crippen molar-refractivity contribution in [3.63, 3.8) is 0 Å². The number of aliphatic carboxylic acids is 1. The Morgan fingerprint density at radius 2 is 1.93 bits per heavy atom. The van der Waals surface area contributed by atoms with E-state index in [4.69, 9.17) is 4.74 Å². The molecule has 8 nitrogen and oxygen atoms in total. The highest BCUT2D eigenvalue weighted by atomic mass is 32.2. The third kappa shape index (κ3) is 4.85. The number of sulfonamides is 1. The molecule has 0 spiro atoms. The van der Waals surface area contributed by atoms with Gasteiger partial charge in [-0.1, -0.05) is 6.07 Å². The van der Waals surface area contributed by atoms with Gasteiger partial charge in [0.1, 0.15) is 0 Å². The standard InChI is InChI=1S/C18H24N2O6S/c21-16(19-12-18(17(22)23)6-8-26-9-7-18)14-2-1-3-15(10-14)27(24,25)20-11-13-4-5-13/h1-3,10,13,20H,4-9,11-12H2,(H,19,21)(H,22,23). The maximum absolute atomic E-state index is 12.5. The second-order valence-corrected chi connectivity index (χ2v) is 8.97. The Bertz CT molecular complexity index is 813. The van der Waals surface area contributed by atoms with E-state index in [2.05, 4.69) is 10.0 Å². The smallest absolute Gasteiger partial charge is 0.311 e. The third-order valence-electron chi connectivity index (χ3n) is 5.16. The highest BCUT2D eigenvalue weighted by Crippen LogP contribution is 2.30. The minimum atomic E-state index is -3.67. The van der Waals surface area contributed by atoms with Crippen LogP contribution < -0.4 is 10.0 Å². The van der Waals surface area contributed by atoms with Gasteiger partial charge in [-0.2, -0.15) is 0 Å². The van der Waals surface area contributed by atoms with Crippen molar-refractivity contribution in [3.8, 4) is 0 Å². The predicted octanol–water partition coefficient (Wildman–Crippen LogP) is 0.986. The Morgan fingerprint density at radius 1 is 1.22 bits per heavy atom. The van der Waals surface area contributed by atoms with Crippen molar-refractivity contribution >= 4 is 21.9 Å². The van der Waals surface area contributed by atoms with Gasteiger partial charge in [0.25, 0.3) is 5.91 Å². The molecule has 1 amide bonds. The molecule has 3 N–H and O–H groups in total. The van der Waals surface area contributed by atoms with Crippen molar-refractivity contribution in [2.24, 2.45) is 11.3 Å². The first-order chi connectivity index (χ1) is 12.8. The summed E-state index contributed by atoms with van der Waals surface area (Å²) >= 11 is 0. The Hall–Kier alpha value is -1.97. The molecule has 1 saturated carbocycles. The zero-order chi connectivity index (χ0) is 19.5. The molecule has 1 heterocycles. The molecule has 0 bridgehead atoms. The summed E-state index contributed by atoms with van der Waals surface area (Å²) in [6, 6.07) is 5.75. The Kier molecular flexibility index (Phi) is 5.83. The lowest BCUT2D eigenvalue weighted by Gasteiger charge is -2.33. The van der Waals surface area contributed by atoms with Crippen LogP contribution in [0, 0.1) is 11.3 Å². The summed E-state index contributed by atoms with van der Waals surface area (Å²) < 4.78 is 32.5. The number of carbonyl (C=O) groups is 2. The first-order valence-electron chi connectivity index (χ1n) is 9.01. The van der Waals surface area contributed by atoms with Crippen LogP contribution >= 0.6 is 0 Å². The molecule has 1 saturated heterocycles. The van der Waals surface area contributed by atoms with Crippen LogP contribution in [0.15, 0.2) is 29.2 Å². The van der Waals surface area contributed by atoms with E-state index in [-0.39, 0.29) is 17.0 Å². The van der Waals surface area contributed by atoms with Crippen LogP contribution in [0.25, 0.3) is 0 Å². The van der Waals surface area contributed by atoms with Gasteiger partial charge in [-0.3, -0.25) is 9.59 Å². The van der Waals surface area contributed by atoms with E-state index in [0.29, 0.717) is 38.5 Å². The van der Waals surface area contributed by atoms with Crippen LogP contribution in [0.5, 0.6) is 0 Å². The fourth-order valence-corrected chi connectivity index (χ4v) is 4.18. The lowest BCUT2D eigenvalue weighted by atomic mass is 9.80. The molecule has 148 valence electrons. The summed E-state index contributed by atoms with van der Waals surface area (Å²) in [7, 11) is -3.67. The Balaban J connectivity index is 1.66. The number of carboxylic acid groups (broad SMARTS) is 1. The van der Waals surface area contributed by atoms with Gasteiger partial charge in [-0.25, -0.2) is 13.1 Å². The molecular formula is C18H24N2O6S. The zero-order valence-corrected chi connectivity index (χ0v) is 15.8. The van der Waals surface area contributed by atoms with E-state index in [1.807, 2.05) is 0 Å². The van der Waals surface area contributed by atoms with Gasteiger partial charge in [0, 0.05) is 31.9 Å². The summed E-state index contributed by atoms with van der Waals surface area (Å²) in [5, 5.41) is 12.2. The molecule has 0 atom stereocenters. The first kappa shape index (κ1) is 19.8. The highest BCUT2D eigenvalue weighted by molar-refractivity contribution is 7.89. The highest BCUT2D eigenvalue weighted by Gasteiger charge is 2.40. The molecule has 27 heavy (non-hydrogen) atoms. The molecule has 0 aromatic heterocycles. The van der Waals surface area contributed by atoms with Gasteiger partial charge >= 0.3 is 5.97 Å². The van der Waals surface area contributed by atoms with E-state index in [1.165, 1.54) is 24.3 Å². The van der Waals surface area contributed by atoms with E-state index in [0.717, 1.165) is 12.8 Å². The third-order valence-corrected chi connectivity index (χ3v) is 6.58. The minimum absolute atomic E-state index is 0.0230. The van der Waals surface area contributed by atoms with Gasteiger partial charge in [0.05, 0.1) is 10.3 Å². The number of hydrogen-bond acceptors (Lipinski definition) is 5. The summed E-state index contributed by atoms with van der Waals surface area (Å²) in [4.78, 5) is 24.1. The maximum Gasteiger partial charge on any atom is 0.311 e. The number of rotatable bonds is 8. The largest absolute Gasteiger partial charge is 0.481 e. The second kappa shape index (κ2) is 7.95. The van der Waals surface area contributed by atoms with E-state index in [9.17, 15) is 23.1 Å². The molecule has 1 aliphatic carbocycles. The molecule has 3 rings (SSSR count). The number of nitrogens with one attached hydrogen (secondary N) is 2. The summed E-state index contributed by atoms with van der Waals surface area (Å²) in [6.45, 7) is 1.05. The molecule has 2 fully saturated rings. The summed E-state index contributed by atoms with van der Waals surface area (Å²) in [5.74, 6) is -1.06. The number of benzene rings is 1. The average molecular weight is 396 g/mol. The van der Waals surface area contributed by atoms with Crippen LogP contribution in [-0.2, 0) is 19.6 Å². The molecule has 9 heteroatoms. The number of amides is 1. The van der Waals surface area contributed by atoms with E-state index >= 15 is 0 Å². The van der Waals surface area contributed by atoms with Crippen LogP contribution in [0.3, 0.4) is 0 Å². The topological polar surface area (TPSA) is 122 Å². The average Bonchev–Trinajstić information content (AvgIpc) is 3.50. The Morgan fingerprint density at radius 3 is 2.56 bits per heavy atom. The van der Waals surface area contributed by atoms with E-state index in [1.54, 1.807) is 0 Å². The molecule has 1 aliphatic heterocycles. The van der Waals surface area contributed by atoms with Crippen LogP contribution in [0.2, 0.25) is 0 Å². The fraction of sp³-hybridized carbons (Fsp3) is 0.556. The lowest BCUT2D eigenvalue weighted by molar-refractivity contribution is -0.154. The number of hydrogen-bond donors (Lipinski definition) is 3. The molecule has 0 radical (unpaired) electrons. The number of carbonyl (C=O) groups excluding carboxylic acids is 1. The predicted molar refractivity (Wildman–Crippen MR) is 96.8 cm³/mol. The quantitative estimate of drug-likeness (QED) is 0.602. The Labute approximate surface area is 158 Å². The zero-order valence-electron chi connectivity index (χ0n) is 14.9. The van der Waals surface area contributed by atoms with Gasteiger partial charge in [0.2, 0.25) is 10.0 Å². The normalized spacial score (nSPS) is 19.4. The van der Waals surface area contributed by atoms with Crippen molar-refractivity contribution in [2.45, 2.75) is 30.6 Å². The van der Waals surface area contributed by atoms with Crippen LogP contribution in [-0.4, -0.2) is 51.7 Å². The van der Waals surface area contributed by atoms with Gasteiger partial charge in [-0.05, 0) is 49.8 Å². The monoisotopic (exact) mass is 396 g/mol. The van der Waals surface area contributed by atoms with Crippen LogP contribution in [0.4, 0.5) is 0 Å². The number of carboxylic acids is 1. The maximum atomic E-state index is 12.5. The second-order valence-electron chi connectivity index (χ2n) is 7.20. The van der Waals surface area contributed by atoms with Gasteiger partial charge in [0.15, 0.2) is 0 Å². The summed E-state index contributed by atoms with van der Waals surface area (Å²) in [5.41, 5.74) is -0.874. The van der Waals surface area contributed by atoms with Crippen molar-refractivity contribution in [2.75, 3.05) is 26.3 Å². The first-order valence-corrected chi connectivity index (χ1v) is 10.5. The summed E-state index contributed by atoms with van der Waals surface area (Å²) in [6.07, 6.45) is 2.70. The van der Waals surface area contributed by atoms with E-state index < -0.39 is 27.3 Å². The lowest BCUT2D eigenvalue weighted by Crippen LogP contribution is -2.46. The van der Waals surface area contributed by atoms with Crippen molar-refractivity contribution in [1.82, 2.24) is 10.0 Å². The SMILES string of the molecule is O=C(NCC1(C(=O)O)CCOCC1)c1cccc(S(=O)(=O)NCC2CC2)c1. The minimum Gasteiger partial charge on any atom is -0.481 e. The fourth-order valence-electron chi connectivity index (χ4n) is 3.02. The van der Waals surface area contributed by atoms with Gasteiger partial charge in [-0.15, -0.1) is 0 Å². The molecule has 0 unspecified atom stereocenters.